The SMILES string of the molecule is Cc1cn(CC(C)(C)N(C)C)c(SCC(=O)O)n1. The number of hydrogen-bond donors (Lipinski definition) is 1. The van der Waals surface area contributed by atoms with Gasteiger partial charge in [0.2, 0.25) is 0 Å². The Balaban J connectivity index is 2.85. The molecule has 0 aliphatic carbocycles. The van der Waals surface area contributed by atoms with Gasteiger partial charge in [0.05, 0.1) is 11.4 Å². The van der Waals surface area contributed by atoms with E-state index in [1.807, 2.05) is 31.8 Å². The highest BCUT2D eigenvalue weighted by atomic mass is 32.2. The lowest BCUT2D eigenvalue weighted by Gasteiger charge is -2.33. The van der Waals surface area contributed by atoms with E-state index >= 15 is 0 Å². The molecule has 0 atom stereocenters. The Hall–Kier alpha value is -1.01. The van der Waals surface area contributed by atoms with E-state index < -0.39 is 5.97 Å². The van der Waals surface area contributed by atoms with Crippen LogP contribution in [0.25, 0.3) is 0 Å². The summed E-state index contributed by atoms with van der Waals surface area (Å²) in [5, 5.41) is 9.50. The van der Waals surface area contributed by atoms with Gasteiger partial charge >= 0.3 is 5.97 Å². The number of rotatable bonds is 6. The van der Waals surface area contributed by atoms with Crippen LogP contribution in [0.15, 0.2) is 11.4 Å². The van der Waals surface area contributed by atoms with E-state index in [4.69, 9.17) is 5.11 Å². The first-order valence-electron chi connectivity index (χ1n) is 5.78. The summed E-state index contributed by atoms with van der Waals surface area (Å²) < 4.78 is 2.03. The lowest BCUT2D eigenvalue weighted by Crippen LogP contribution is -2.42. The molecule has 102 valence electrons. The molecule has 18 heavy (non-hydrogen) atoms. The smallest absolute Gasteiger partial charge is 0.313 e. The molecule has 5 nitrogen and oxygen atoms in total. The summed E-state index contributed by atoms with van der Waals surface area (Å²) in [4.78, 5) is 17.1. The first-order valence-corrected chi connectivity index (χ1v) is 6.77. The van der Waals surface area contributed by atoms with E-state index in [-0.39, 0.29) is 11.3 Å². The minimum atomic E-state index is -0.820. The molecule has 0 unspecified atom stereocenters. The summed E-state index contributed by atoms with van der Waals surface area (Å²) in [5.74, 6) is -0.780. The molecule has 1 heterocycles. The third-order valence-corrected chi connectivity index (χ3v) is 3.93. The fraction of sp³-hybridized carbons (Fsp3) is 0.667. The van der Waals surface area contributed by atoms with Gasteiger partial charge in [0, 0.05) is 18.3 Å². The van der Waals surface area contributed by atoms with Gasteiger partial charge in [-0.25, -0.2) is 4.98 Å². The van der Waals surface area contributed by atoms with Crippen LogP contribution in [0.3, 0.4) is 0 Å². The zero-order chi connectivity index (χ0) is 13.9. The average Bonchev–Trinajstić information content (AvgIpc) is 2.54. The van der Waals surface area contributed by atoms with E-state index in [0.29, 0.717) is 0 Å². The third kappa shape index (κ3) is 4.03. The van der Waals surface area contributed by atoms with Gasteiger partial charge in [-0.3, -0.25) is 4.79 Å². The topological polar surface area (TPSA) is 58.4 Å². The van der Waals surface area contributed by atoms with Crippen LogP contribution >= 0.6 is 11.8 Å². The van der Waals surface area contributed by atoms with Gasteiger partial charge in [0.25, 0.3) is 0 Å². The number of thioether (sulfide) groups is 1. The van der Waals surface area contributed by atoms with E-state index in [1.165, 1.54) is 11.8 Å². The van der Waals surface area contributed by atoms with Crippen molar-refractivity contribution in [3.05, 3.63) is 11.9 Å². The van der Waals surface area contributed by atoms with Crippen LogP contribution < -0.4 is 0 Å². The fourth-order valence-electron chi connectivity index (χ4n) is 1.44. The Kier molecular flexibility index (Phi) is 4.81. The molecule has 0 fully saturated rings. The number of aromatic nitrogens is 2. The van der Waals surface area contributed by atoms with Crippen molar-refractivity contribution in [1.29, 1.82) is 0 Å². The first kappa shape index (κ1) is 15.0. The van der Waals surface area contributed by atoms with Crippen molar-refractivity contribution in [2.24, 2.45) is 0 Å². The monoisotopic (exact) mass is 271 g/mol. The molecule has 0 radical (unpaired) electrons. The van der Waals surface area contributed by atoms with Gasteiger partial charge in [-0.1, -0.05) is 11.8 Å². The highest BCUT2D eigenvalue weighted by molar-refractivity contribution is 7.99. The van der Waals surface area contributed by atoms with Crippen molar-refractivity contribution in [3.63, 3.8) is 0 Å². The predicted octanol–water partition coefficient (Wildman–Crippen LogP) is 1.71. The molecule has 1 rings (SSSR count). The molecule has 0 aromatic carbocycles. The van der Waals surface area contributed by atoms with Gasteiger partial charge in [-0.2, -0.15) is 0 Å². The normalized spacial score (nSPS) is 12.1. The van der Waals surface area contributed by atoms with Crippen LogP contribution in [0, 0.1) is 6.92 Å². The molecule has 0 spiro atoms. The minimum absolute atomic E-state index is 0.00826. The van der Waals surface area contributed by atoms with Crippen LogP contribution in [-0.2, 0) is 11.3 Å². The second-order valence-corrected chi connectivity index (χ2v) is 6.12. The van der Waals surface area contributed by atoms with Gasteiger partial charge < -0.3 is 14.6 Å². The van der Waals surface area contributed by atoms with Crippen LogP contribution in [0.5, 0.6) is 0 Å². The molecule has 1 aromatic heterocycles. The first-order chi connectivity index (χ1) is 8.22. The van der Waals surface area contributed by atoms with Crippen LogP contribution in [0.4, 0.5) is 0 Å². The molecular formula is C12H21N3O2S. The summed E-state index contributed by atoms with van der Waals surface area (Å²) in [6.07, 6.45) is 1.97. The molecule has 0 saturated heterocycles. The highest BCUT2D eigenvalue weighted by Crippen LogP contribution is 2.21. The summed E-state index contributed by atoms with van der Waals surface area (Å²) in [6.45, 7) is 6.99. The second kappa shape index (κ2) is 5.75. The Morgan fingerprint density at radius 1 is 1.56 bits per heavy atom. The summed E-state index contributed by atoms with van der Waals surface area (Å²) in [7, 11) is 4.07. The van der Waals surface area contributed by atoms with Crippen molar-refractivity contribution in [2.45, 2.75) is 38.0 Å². The molecule has 0 bridgehead atoms. The number of likely N-dealkylation sites (N-methyl/N-ethyl adjacent to an activating group) is 1. The molecule has 0 aliphatic heterocycles. The Labute approximate surface area is 112 Å². The maximum Gasteiger partial charge on any atom is 0.313 e. The van der Waals surface area contributed by atoms with Crippen molar-refractivity contribution in [2.75, 3.05) is 19.8 Å². The molecule has 0 aliphatic rings. The van der Waals surface area contributed by atoms with E-state index in [2.05, 4.69) is 23.7 Å². The second-order valence-electron chi connectivity index (χ2n) is 5.18. The highest BCUT2D eigenvalue weighted by Gasteiger charge is 2.23. The van der Waals surface area contributed by atoms with E-state index in [9.17, 15) is 4.79 Å². The molecule has 1 N–H and O–H groups in total. The van der Waals surface area contributed by atoms with E-state index in [0.717, 1.165) is 17.4 Å². The largest absolute Gasteiger partial charge is 0.481 e. The Morgan fingerprint density at radius 2 is 2.17 bits per heavy atom. The zero-order valence-electron chi connectivity index (χ0n) is 11.6. The number of nitrogens with zero attached hydrogens (tertiary/aromatic N) is 3. The molecule has 6 heteroatoms. The Bertz CT molecular complexity index is 427. The number of aryl methyl sites for hydroxylation is 1. The third-order valence-electron chi connectivity index (χ3n) is 2.95. The number of carbonyl (C=O) groups is 1. The summed E-state index contributed by atoms with van der Waals surface area (Å²) in [6, 6.07) is 0. The van der Waals surface area contributed by atoms with Crippen LogP contribution in [-0.4, -0.2) is 50.9 Å². The lowest BCUT2D eigenvalue weighted by molar-refractivity contribution is -0.133. The standard InChI is InChI=1S/C12H21N3O2S/c1-9-6-15(8-12(2,3)14(4)5)11(13-9)18-7-10(16)17/h6H,7-8H2,1-5H3,(H,16,17). The molecule has 0 saturated carbocycles. The van der Waals surface area contributed by atoms with Crippen molar-refractivity contribution in [3.8, 4) is 0 Å². The number of aliphatic carboxylic acids is 1. The predicted molar refractivity (Wildman–Crippen MR) is 73.1 cm³/mol. The van der Waals surface area contributed by atoms with Gasteiger partial charge in [0.15, 0.2) is 5.16 Å². The summed E-state index contributed by atoms with van der Waals surface area (Å²) >= 11 is 1.26. The average molecular weight is 271 g/mol. The van der Waals surface area contributed by atoms with Crippen molar-refractivity contribution >= 4 is 17.7 Å². The molecule has 0 amide bonds. The van der Waals surface area contributed by atoms with Gasteiger partial charge in [-0.15, -0.1) is 0 Å². The molecular weight excluding hydrogens is 250 g/mol. The number of imidazole rings is 1. The van der Waals surface area contributed by atoms with Crippen LogP contribution in [0.1, 0.15) is 19.5 Å². The number of carboxylic acid groups (broad SMARTS) is 1. The van der Waals surface area contributed by atoms with Crippen molar-refractivity contribution < 1.29 is 9.90 Å². The number of hydrogen-bond acceptors (Lipinski definition) is 4. The molecule has 1 aromatic rings. The summed E-state index contributed by atoms with van der Waals surface area (Å²) in [5.41, 5.74) is 0.906. The fourth-order valence-corrected chi connectivity index (χ4v) is 2.18. The maximum absolute atomic E-state index is 10.6. The quantitative estimate of drug-likeness (QED) is 0.798. The lowest BCUT2D eigenvalue weighted by atomic mass is 10.0. The van der Waals surface area contributed by atoms with Gasteiger partial charge in [0.1, 0.15) is 0 Å². The number of carboxylic acids is 1. The minimum Gasteiger partial charge on any atom is -0.481 e. The Morgan fingerprint density at radius 3 is 2.67 bits per heavy atom. The zero-order valence-corrected chi connectivity index (χ0v) is 12.4. The van der Waals surface area contributed by atoms with Gasteiger partial charge in [-0.05, 0) is 34.9 Å². The van der Waals surface area contributed by atoms with E-state index in [1.54, 1.807) is 0 Å². The maximum atomic E-state index is 10.6. The van der Waals surface area contributed by atoms with Crippen molar-refractivity contribution in [1.82, 2.24) is 14.5 Å². The van der Waals surface area contributed by atoms with Crippen LogP contribution in [0.2, 0.25) is 0 Å².